The van der Waals surface area contributed by atoms with E-state index in [9.17, 15) is 4.79 Å². The molecule has 2 aromatic heterocycles. The number of rotatable bonds is 3. The molecule has 0 unspecified atom stereocenters. The fourth-order valence-electron chi connectivity index (χ4n) is 3.91. The highest BCUT2D eigenvalue weighted by molar-refractivity contribution is 6.09. The average Bonchev–Trinajstić information content (AvgIpc) is 3.18. The van der Waals surface area contributed by atoms with E-state index in [-0.39, 0.29) is 5.78 Å². The number of aryl methyl sites for hydroxylation is 1. The van der Waals surface area contributed by atoms with E-state index in [0.29, 0.717) is 11.6 Å². The SMILES string of the molecule is CN1CCC(c2cn(N)c3ccc(C(=O)c4cccn4C)cc23)CC1. The van der Waals surface area contributed by atoms with Crippen molar-refractivity contribution < 1.29 is 4.79 Å². The molecule has 4 rings (SSSR count). The zero-order valence-electron chi connectivity index (χ0n) is 14.8. The van der Waals surface area contributed by atoms with Crippen LogP contribution in [0.25, 0.3) is 10.9 Å². The Hall–Kier alpha value is -2.53. The molecule has 0 atom stereocenters. The molecule has 5 heteroatoms. The number of hydrogen-bond acceptors (Lipinski definition) is 3. The van der Waals surface area contributed by atoms with Crippen molar-refractivity contribution in [2.45, 2.75) is 18.8 Å². The molecule has 0 bridgehead atoms. The van der Waals surface area contributed by atoms with Crippen molar-refractivity contribution in [1.29, 1.82) is 0 Å². The van der Waals surface area contributed by atoms with Crippen molar-refractivity contribution in [3.8, 4) is 0 Å². The molecule has 2 N–H and O–H groups in total. The molecule has 1 aromatic carbocycles. The summed E-state index contributed by atoms with van der Waals surface area (Å²) in [6, 6.07) is 9.61. The third-order valence-electron chi connectivity index (χ3n) is 5.46. The molecule has 0 spiro atoms. The van der Waals surface area contributed by atoms with Gasteiger partial charge >= 0.3 is 0 Å². The van der Waals surface area contributed by atoms with E-state index in [1.54, 1.807) is 4.68 Å². The Morgan fingerprint density at radius 1 is 1.16 bits per heavy atom. The molecule has 0 saturated carbocycles. The van der Waals surface area contributed by atoms with E-state index in [4.69, 9.17) is 5.84 Å². The Labute approximate surface area is 147 Å². The van der Waals surface area contributed by atoms with Gasteiger partial charge in [-0.2, -0.15) is 0 Å². The van der Waals surface area contributed by atoms with Crippen molar-refractivity contribution in [1.82, 2.24) is 14.1 Å². The number of carbonyl (C=O) groups excluding carboxylic acids is 1. The molecule has 1 aliphatic heterocycles. The van der Waals surface area contributed by atoms with Crippen LogP contribution in [-0.2, 0) is 7.05 Å². The van der Waals surface area contributed by atoms with Crippen molar-refractivity contribution in [2.75, 3.05) is 26.0 Å². The second-order valence-electron chi connectivity index (χ2n) is 7.13. The van der Waals surface area contributed by atoms with Gasteiger partial charge in [0, 0.05) is 30.4 Å². The molecule has 25 heavy (non-hydrogen) atoms. The van der Waals surface area contributed by atoms with Crippen LogP contribution in [-0.4, -0.2) is 40.1 Å². The first-order valence-electron chi connectivity index (χ1n) is 8.79. The minimum absolute atomic E-state index is 0.0495. The van der Waals surface area contributed by atoms with Crippen molar-refractivity contribution in [3.05, 3.63) is 59.5 Å². The monoisotopic (exact) mass is 336 g/mol. The third-order valence-corrected chi connectivity index (χ3v) is 5.46. The van der Waals surface area contributed by atoms with Gasteiger partial charge in [-0.05, 0) is 74.8 Å². The van der Waals surface area contributed by atoms with Gasteiger partial charge in [0.1, 0.15) is 0 Å². The molecule has 1 aliphatic rings. The van der Waals surface area contributed by atoms with Crippen LogP contribution in [0.3, 0.4) is 0 Å². The van der Waals surface area contributed by atoms with Gasteiger partial charge in [0.05, 0.1) is 11.2 Å². The lowest BCUT2D eigenvalue weighted by molar-refractivity contribution is 0.103. The van der Waals surface area contributed by atoms with Crippen LogP contribution in [0.15, 0.2) is 42.7 Å². The van der Waals surface area contributed by atoms with E-state index >= 15 is 0 Å². The number of nitrogens with zero attached hydrogens (tertiary/aromatic N) is 3. The minimum atomic E-state index is 0.0495. The smallest absolute Gasteiger partial charge is 0.209 e. The first-order chi connectivity index (χ1) is 12.0. The zero-order chi connectivity index (χ0) is 17.6. The molecule has 130 valence electrons. The molecule has 3 heterocycles. The van der Waals surface area contributed by atoms with Crippen LogP contribution in [0.5, 0.6) is 0 Å². The lowest BCUT2D eigenvalue weighted by Crippen LogP contribution is -2.29. The molecular formula is C20H24N4O. The second-order valence-corrected chi connectivity index (χ2v) is 7.13. The van der Waals surface area contributed by atoms with Crippen molar-refractivity contribution >= 4 is 16.7 Å². The van der Waals surface area contributed by atoms with Gasteiger partial charge in [-0.3, -0.25) is 9.47 Å². The number of benzene rings is 1. The summed E-state index contributed by atoms with van der Waals surface area (Å²) >= 11 is 0. The largest absolute Gasteiger partial charge is 0.348 e. The Bertz CT molecular complexity index is 928. The number of nitrogens with two attached hydrogens (primary N) is 1. The molecule has 5 nitrogen and oxygen atoms in total. The summed E-state index contributed by atoms with van der Waals surface area (Å²) in [4.78, 5) is 15.2. The molecule has 1 saturated heterocycles. The molecule has 0 radical (unpaired) electrons. The first-order valence-corrected chi connectivity index (χ1v) is 8.79. The summed E-state index contributed by atoms with van der Waals surface area (Å²) in [5.41, 5.74) is 3.67. The lowest BCUT2D eigenvalue weighted by Gasteiger charge is -2.28. The maximum atomic E-state index is 12.8. The van der Waals surface area contributed by atoms with Gasteiger partial charge < -0.3 is 15.3 Å². The van der Waals surface area contributed by atoms with Crippen LogP contribution >= 0.6 is 0 Å². The second kappa shape index (κ2) is 6.08. The summed E-state index contributed by atoms with van der Waals surface area (Å²) in [5, 5.41) is 1.11. The molecule has 0 amide bonds. The standard InChI is InChI=1S/C20H24N4O/c1-22-10-7-14(8-11-22)17-13-24(21)18-6-5-15(12-16(17)18)20(25)19-4-3-9-23(19)2/h3-6,9,12-14H,7-8,10-11,21H2,1-2H3. The Balaban J connectivity index is 1.75. The Morgan fingerprint density at radius 3 is 2.60 bits per heavy atom. The van der Waals surface area contributed by atoms with Gasteiger partial charge in [-0.1, -0.05) is 0 Å². The van der Waals surface area contributed by atoms with Gasteiger partial charge in [-0.15, -0.1) is 0 Å². The number of piperidine rings is 1. The number of fused-ring (bicyclic) bond motifs is 1. The summed E-state index contributed by atoms with van der Waals surface area (Å²) < 4.78 is 3.55. The number of aromatic nitrogens is 2. The Morgan fingerprint density at radius 2 is 1.92 bits per heavy atom. The normalized spacial score (nSPS) is 16.6. The predicted molar refractivity (Wildman–Crippen MR) is 100 cm³/mol. The summed E-state index contributed by atoms with van der Waals surface area (Å²) in [7, 11) is 4.06. The van der Waals surface area contributed by atoms with E-state index in [1.165, 1.54) is 5.56 Å². The van der Waals surface area contributed by atoms with Crippen LogP contribution in [0.1, 0.15) is 40.4 Å². The number of likely N-dealkylation sites (tertiary alicyclic amines) is 1. The van der Waals surface area contributed by atoms with Crippen molar-refractivity contribution in [2.24, 2.45) is 7.05 Å². The number of hydrogen-bond donors (Lipinski definition) is 1. The highest BCUT2D eigenvalue weighted by Gasteiger charge is 2.23. The van der Waals surface area contributed by atoms with Crippen LogP contribution in [0.2, 0.25) is 0 Å². The number of nitrogen functional groups attached to an aromatic ring is 1. The fraction of sp³-hybridized carbons (Fsp3) is 0.350. The maximum Gasteiger partial charge on any atom is 0.209 e. The molecular weight excluding hydrogens is 312 g/mol. The predicted octanol–water partition coefficient (Wildman–Crippen LogP) is 2.73. The quantitative estimate of drug-likeness (QED) is 0.591. The van der Waals surface area contributed by atoms with E-state index in [0.717, 1.165) is 42.4 Å². The summed E-state index contributed by atoms with van der Waals surface area (Å²) in [6.07, 6.45) is 6.20. The first kappa shape index (κ1) is 16.0. The summed E-state index contributed by atoms with van der Waals surface area (Å²) in [5.74, 6) is 6.73. The highest BCUT2D eigenvalue weighted by atomic mass is 16.1. The molecule has 3 aromatic rings. The number of carbonyl (C=O) groups is 1. The van der Waals surface area contributed by atoms with Crippen LogP contribution < -0.4 is 5.84 Å². The fourth-order valence-corrected chi connectivity index (χ4v) is 3.91. The molecule has 1 fully saturated rings. The van der Waals surface area contributed by atoms with Gasteiger partial charge in [0.2, 0.25) is 5.78 Å². The maximum absolute atomic E-state index is 12.8. The van der Waals surface area contributed by atoms with Crippen LogP contribution in [0, 0.1) is 0 Å². The number of ketones is 1. The van der Waals surface area contributed by atoms with E-state index in [1.807, 2.05) is 54.3 Å². The molecule has 0 aliphatic carbocycles. The lowest BCUT2D eigenvalue weighted by atomic mass is 9.89. The van der Waals surface area contributed by atoms with Crippen molar-refractivity contribution in [3.63, 3.8) is 0 Å². The zero-order valence-corrected chi connectivity index (χ0v) is 14.8. The van der Waals surface area contributed by atoms with E-state index in [2.05, 4.69) is 11.9 Å². The third kappa shape index (κ3) is 2.74. The highest BCUT2D eigenvalue weighted by Crippen LogP contribution is 2.34. The van der Waals surface area contributed by atoms with Gasteiger partial charge in [0.25, 0.3) is 0 Å². The Kier molecular flexibility index (Phi) is 3.88. The van der Waals surface area contributed by atoms with Gasteiger partial charge in [-0.25, -0.2) is 0 Å². The average molecular weight is 336 g/mol. The summed E-state index contributed by atoms with van der Waals surface area (Å²) in [6.45, 7) is 2.20. The van der Waals surface area contributed by atoms with E-state index < -0.39 is 0 Å². The minimum Gasteiger partial charge on any atom is -0.348 e. The topological polar surface area (TPSA) is 56.2 Å². The van der Waals surface area contributed by atoms with Crippen LogP contribution in [0.4, 0.5) is 0 Å². The van der Waals surface area contributed by atoms with Gasteiger partial charge in [0.15, 0.2) is 0 Å².